The van der Waals surface area contributed by atoms with Crippen LogP contribution in [0.3, 0.4) is 0 Å². The molecule has 1 aromatic heterocycles. The molecule has 0 saturated heterocycles. The Balaban J connectivity index is 2.04. The van der Waals surface area contributed by atoms with Gasteiger partial charge < -0.3 is 4.74 Å². The SMILES string of the molecule is O=c1c2ccccc2c2c3n1-c1ccccc1C3CCO2. The van der Waals surface area contributed by atoms with Crippen LogP contribution in [-0.4, -0.2) is 11.2 Å². The molecule has 0 amide bonds. The number of para-hydroxylation sites is 1. The second kappa shape index (κ2) is 3.76. The maximum atomic E-state index is 12.9. The van der Waals surface area contributed by atoms with Gasteiger partial charge in [0.1, 0.15) is 5.75 Å². The van der Waals surface area contributed by atoms with E-state index in [1.54, 1.807) is 0 Å². The predicted octanol–water partition coefficient (Wildman–Crippen LogP) is 3.22. The zero-order valence-electron chi connectivity index (χ0n) is 11.4. The number of benzene rings is 2. The molecule has 3 heteroatoms. The number of aromatic nitrogens is 1. The summed E-state index contributed by atoms with van der Waals surface area (Å²) in [7, 11) is 0. The van der Waals surface area contributed by atoms with Crippen molar-refractivity contribution in [1.82, 2.24) is 4.57 Å². The lowest BCUT2D eigenvalue weighted by Gasteiger charge is -2.24. The second-order valence-corrected chi connectivity index (χ2v) is 5.65. The van der Waals surface area contributed by atoms with E-state index in [2.05, 4.69) is 6.07 Å². The zero-order chi connectivity index (χ0) is 14.0. The lowest BCUT2D eigenvalue weighted by molar-refractivity contribution is 0.278. The average molecular weight is 275 g/mol. The topological polar surface area (TPSA) is 31.2 Å². The van der Waals surface area contributed by atoms with Gasteiger partial charge in [0.15, 0.2) is 0 Å². The largest absolute Gasteiger partial charge is 0.491 e. The van der Waals surface area contributed by atoms with Crippen molar-refractivity contribution < 1.29 is 4.74 Å². The minimum Gasteiger partial charge on any atom is -0.491 e. The minimum atomic E-state index is 0.0600. The van der Waals surface area contributed by atoms with Gasteiger partial charge in [-0.2, -0.15) is 0 Å². The first-order chi connectivity index (χ1) is 10.4. The third kappa shape index (κ3) is 1.26. The van der Waals surface area contributed by atoms with Crippen LogP contribution in [0, 0.1) is 0 Å². The van der Waals surface area contributed by atoms with Crippen molar-refractivity contribution in [2.75, 3.05) is 6.61 Å². The summed E-state index contributed by atoms with van der Waals surface area (Å²) in [4.78, 5) is 12.9. The molecule has 2 aromatic carbocycles. The normalized spacial score (nSPS) is 18.2. The molecule has 0 radical (unpaired) electrons. The van der Waals surface area contributed by atoms with Crippen molar-refractivity contribution in [2.24, 2.45) is 0 Å². The highest BCUT2D eigenvalue weighted by molar-refractivity contribution is 5.90. The van der Waals surface area contributed by atoms with Gasteiger partial charge in [-0.3, -0.25) is 9.36 Å². The van der Waals surface area contributed by atoms with Crippen molar-refractivity contribution >= 4 is 10.8 Å². The first-order valence-corrected chi connectivity index (χ1v) is 7.26. The van der Waals surface area contributed by atoms with E-state index >= 15 is 0 Å². The summed E-state index contributed by atoms with van der Waals surface area (Å²) < 4.78 is 7.81. The summed E-state index contributed by atoms with van der Waals surface area (Å²) in [6.45, 7) is 0.703. The summed E-state index contributed by atoms with van der Waals surface area (Å²) in [6, 6.07) is 15.9. The van der Waals surface area contributed by atoms with Crippen molar-refractivity contribution in [3.05, 3.63) is 70.1 Å². The third-order valence-electron chi connectivity index (χ3n) is 4.61. The van der Waals surface area contributed by atoms with Crippen LogP contribution in [0.2, 0.25) is 0 Å². The molecule has 3 heterocycles. The van der Waals surface area contributed by atoms with Crippen LogP contribution in [0.25, 0.3) is 16.5 Å². The summed E-state index contributed by atoms with van der Waals surface area (Å²) in [5.74, 6) is 1.17. The van der Waals surface area contributed by atoms with Gasteiger partial charge in [-0.25, -0.2) is 0 Å². The van der Waals surface area contributed by atoms with Gasteiger partial charge >= 0.3 is 0 Å². The number of hydrogen-bond donors (Lipinski definition) is 0. The molecule has 0 saturated carbocycles. The van der Waals surface area contributed by atoms with Crippen LogP contribution in [0.1, 0.15) is 23.6 Å². The molecule has 102 valence electrons. The van der Waals surface area contributed by atoms with Gasteiger partial charge in [-0.05, 0) is 24.1 Å². The molecular weight excluding hydrogens is 262 g/mol. The standard InChI is InChI=1S/C18H13NO2/c20-18-14-7-2-1-6-13(14)17-16-12(9-10-21-17)11-5-3-4-8-15(11)19(16)18/h1-8,12H,9-10H2. The van der Waals surface area contributed by atoms with Crippen LogP contribution in [0.4, 0.5) is 0 Å². The third-order valence-corrected chi connectivity index (χ3v) is 4.61. The Bertz CT molecular complexity index is 955. The number of rotatable bonds is 0. The molecule has 3 aromatic rings. The first kappa shape index (κ1) is 11.1. The highest BCUT2D eigenvalue weighted by Gasteiger charge is 2.36. The molecule has 2 aliphatic heterocycles. The Hall–Kier alpha value is -2.55. The molecule has 0 bridgehead atoms. The van der Waals surface area contributed by atoms with E-state index in [-0.39, 0.29) is 11.5 Å². The Morgan fingerprint density at radius 2 is 1.76 bits per heavy atom. The van der Waals surface area contributed by atoms with E-state index in [0.29, 0.717) is 6.61 Å². The highest BCUT2D eigenvalue weighted by atomic mass is 16.5. The molecule has 0 fully saturated rings. The van der Waals surface area contributed by atoms with Gasteiger partial charge in [0.05, 0.1) is 23.4 Å². The molecule has 2 aliphatic rings. The maximum Gasteiger partial charge on any atom is 0.263 e. The average Bonchev–Trinajstić information content (AvgIpc) is 2.89. The van der Waals surface area contributed by atoms with Gasteiger partial charge in [-0.15, -0.1) is 0 Å². The number of pyridine rings is 1. The van der Waals surface area contributed by atoms with Crippen LogP contribution in [-0.2, 0) is 0 Å². The van der Waals surface area contributed by atoms with Crippen molar-refractivity contribution in [3.8, 4) is 11.4 Å². The van der Waals surface area contributed by atoms with Crippen LogP contribution in [0.15, 0.2) is 53.3 Å². The molecule has 3 nitrogen and oxygen atoms in total. The summed E-state index contributed by atoms with van der Waals surface area (Å²) in [5, 5.41) is 1.67. The van der Waals surface area contributed by atoms with E-state index in [4.69, 9.17) is 4.74 Å². The van der Waals surface area contributed by atoms with Crippen molar-refractivity contribution in [2.45, 2.75) is 12.3 Å². The van der Waals surface area contributed by atoms with Gasteiger partial charge in [0.2, 0.25) is 0 Å². The van der Waals surface area contributed by atoms with Crippen LogP contribution < -0.4 is 10.3 Å². The van der Waals surface area contributed by atoms with Gasteiger partial charge in [0, 0.05) is 11.3 Å². The lowest BCUT2D eigenvalue weighted by atomic mass is 9.92. The highest BCUT2D eigenvalue weighted by Crippen LogP contribution is 2.47. The van der Waals surface area contributed by atoms with Crippen molar-refractivity contribution in [1.29, 1.82) is 0 Å². The van der Waals surface area contributed by atoms with Crippen LogP contribution >= 0.6 is 0 Å². The molecule has 1 unspecified atom stereocenters. The first-order valence-electron chi connectivity index (χ1n) is 7.26. The smallest absolute Gasteiger partial charge is 0.263 e. The van der Waals surface area contributed by atoms with Gasteiger partial charge in [-0.1, -0.05) is 36.4 Å². The van der Waals surface area contributed by atoms with E-state index in [1.807, 2.05) is 47.0 Å². The monoisotopic (exact) mass is 275 g/mol. The Morgan fingerprint density at radius 3 is 2.67 bits per heavy atom. The molecular formula is C18H13NO2. The molecule has 21 heavy (non-hydrogen) atoms. The Labute approximate surface area is 121 Å². The molecule has 0 spiro atoms. The Kier molecular flexibility index (Phi) is 1.99. The molecule has 0 N–H and O–H groups in total. The van der Waals surface area contributed by atoms with E-state index in [1.165, 1.54) is 5.56 Å². The summed E-state index contributed by atoms with van der Waals surface area (Å²) >= 11 is 0. The van der Waals surface area contributed by atoms with E-state index in [9.17, 15) is 4.79 Å². The van der Waals surface area contributed by atoms with Crippen LogP contribution in [0.5, 0.6) is 5.75 Å². The summed E-state index contributed by atoms with van der Waals surface area (Å²) in [5.41, 5.74) is 3.35. The quantitative estimate of drug-likeness (QED) is 0.631. The number of fused-ring (bicyclic) bond motifs is 5. The van der Waals surface area contributed by atoms with E-state index in [0.717, 1.165) is 34.3 Å². The summed E-state index contributed by atoms with van der Waals surface area (Å²) in [6.07, 6.45) is 0.932. The maximum absolute atomic E-state index is 12.9. The number of nitrogens with zero attached hydrogens (tertiary/aromatic N) is 1. The number of ether oxygens (including phenoxy) is 1. The predicted molar refractivity (Wildman–Crippen MR) is 81.5 cm³/mol. The second-order valence-electron chi connectivity index (χ2n) is 5.65. The fourth-order valence-corrected chi connectivity index (χ4v) is 3.75. The van der Waals surface area contributed by atoms with E-state index < -0.39 is 0 Å². The molecule has 1 atom stereocenters. The van der Waals surface area contributed by atoms with Gasteiger partial charge in [0.25, 0.3) is 5.56 Å². The Morgan fingerprint density at radius 1 is 1.00 bits per heavy atom. The molecule has 0 aliphatic carbocycles. The fourth-order valence-electron chi connectivity index (χ4n) is 3.75. The molecule has 5 rings (SSSR count). The lowest BCUT2D eigenvalue weighted by Crippen LogP contribution is -2.23. The fraction of sp³-hybridized carbons (Fsp3) is 0.167. The van der Waals surface area contributed by atoms with Crippen molar-refractivity contribution in [3.63, 3.8) is 0 Å². The zero-order valence-corrected chi connectivity index (χ0v) is 11.4. The minimum absolute atomic E-state index is 0.0600. The number of hydrogen-bond acceptors (Lipinski definition) is 2.